The molecule has 1 aromatic heterocycles. The van der Waals surface area contributed by atoms with E-state index in [-0.39, 0.29) is 29.0 Å². The third-order valence-corrected chi connectivity index (χ3v) is 9.74. The van der Waals surface area contributed by atoms with Crippen molar-refractivity contribution in [3.05, 3.63) is 66.2 Å². The summed E-state index contributed by atoms with van der Waals surface area (Å²) in [5.41, 5.74) is 4.28. The van der Waals surface area contributed by atoms with Crippen molar-refractivity contribution in [2.45, 2.75) is 57.4 Å². The quantitative estimate of drug-likeness (QED) is 0.384. The molecule has 8 heteroatoms. The van der Waals surface area contributed by atoms with Crippen LogP contribution in [0.2, 0.25) is 0 Å². The first-order valence-electron chi connectivity index (χ1n) is 14.3. The van der Waals surface area contributed by atoms with E-state index in [1.165, 1.54) is 17.8 Å². The summed E-state index contributed by atoms with van der Waals surface area (Å²) in [6, 6.07) is 17.3. The van der Waals surface area contributed by atoms with Gasteiger partial charge in [0, 0.05) is 53.9 Å². The van der Waals surface area contributed by atoms with Gasteiger partial charge in [-0.1, -0.05) is 26.0 Å². The van der Waals surface area contributed by atoms with Crippen LogP contribution in [0, 0.1) is 28.5 Å². The smallest absolute Gasteiger partial charge is 0.225 e. The number of thioether (sulfide) groups is 1. The van der Waals surface area contributed by atoms with Gasteiger partial charge >= 0.3 is 0 Å². The minimum atomic E-state index is -0.701. The van der Waals surface area contributed by atoms with E-state index in [2.05, 4.69) is 54.4 Å². The van der Waals surface area contributed by atoms with Gasteiger partial charge in [0.2, 0.25) is 5.91 Å². The highest BCUT2D eigenvalue weighted by atomic mass is 32.2. The van der Waals surface area contributed by atoms with E-state index in [1.54, 1.807) is 12.1 Å². The molecule has 2 aliphatic carbocycles. The third-order valence-electron chi connectivity index (χ3n) is 8.79. The van der Waals surface area contributed by atoms with Crippen molar-refractivity contribution in [2.75, 3.05) is 29.5 Å². The molecule has 0 spiro atoms. The highest BCUT2D eigenvalue weighted by molar-refractivity contribution is 7.99. The van der Waals surface area contributed by atoms with E-state index in [4.69, 9.17) is 5.10 Å². The molecule has 2 unspecified atom stereocenters. The van der Waals surface area contributed by atoms with Gasteiger partial charge < -0.3 is 10.2 Å². The fraction of sp³-hybridized carbons (Fsp3) is 0.469. The molecule has 2 heterocycles. The predicted molar refractivity (Wildman–Crippen MR) is 158 cm³/mol. The van der Waals surface area contributed by atoms with Gasteiger partial charge in [0.1, 0.15) is 11.4 Å². The maximum Gasteiger partial charge on any atom is 0.225 e. The Kier molecular flexibility index (Phi) is 7.12. The van der Waals surface area contributed by atoms with Gasteiger partial charge in [0.25, 0.3) is 0 Å². The van der Waals surface area contributed by atoms with Crippen LogP contribution < -0.4 is 10.2 Å². The fourth-order valence-electron chi connectivity index (χ4n) is 6.19. The summed E-state index contributed by atoms with van der Waals surface area (Å²) in [5, 5.41) is 17.8. The monoisotopic (exact) mass is 557 g/mol. The second-order valence-corrected chi connectivity index (χ2v) is 13.5. The lowest BCUT2D eigenvalue weighted by Gasteiger charge is -2.40. The number of carbonyl (C=O) groups excluding carboxylic acids is 1. The zero-order chi connectivity index (χ0) is 27.9. The minimum Gasteiger partial charge on any atom is -0.370 e. The fourth-order valence-corrected chi connectivity index (χ4v) is 7.09. The SMILES string of the molecule is CC1(C)CCC(C(=O)NC2(C#N)CC2)C(c2nn(-c3ccc(F)cc3)cc2-c2ccc(N3CCSCC3)cc2)C1. The number of rotatable bonds is 6. The molecule has 3 aromatic rings. The number of halogens is 1. The highest BCUT2D eigenvalue weighted by Crippen LogP contribution is 2.49. The average Bonchev–Trinajstić information content (AvgIpc) is 3.60. The van der Waals surface area contributed by atoms with E-state index >= 15 is 0 Å². The van der Waals surface area contributed by atoms with Crippen molar-refractivity contribution >= 4 is 23.4 Å². The largest absolute Gasteiger partial charge is 0.370 e. The zero-order valence-corrected chi connectivity index (χ0v) is 24.0. The van der Waals surface area contributed by atoms with E-state index in [1.807, 2.05) is 22.6 Å². The molecular formula is C32H36FN5OS. The number of benzene rings is 2. The van der Waals surface area contributed by atoms with Crippen molar-refractivity contribution in [1.82, 2.24) is 15.1 Å². The van der Waals surface area contributed by atoms with Gasteiger partial charge in [-0.2, -0.15) is 22.1 Å². The second-order valence-electron chi connectivity index (χ2n) is 12.3. The Balaban J connectivity index is 1.40. The summed E-state index contributed by atoms with van der Waals surface area (Å²) in [4.78, 5) is 16.1. The number of hydrogen-bond acceptors (Lipinski definition) is 5. The third kappa shape index (κ3) is 5.49. The molecule has 1 aliphatic heterocycles. The molecule has 2 saturated carbocycles. The molecule has 2 aromatic carbocycles. The molecule has 1 amide bonds. The number of amides is 1. The summed E-state index contributed by atoms with van der Waals surface area (Å²) in [7, 11) is 0. The van der Waals surface area contributed by atoms with Crippen LogP contribution in [-0.4, -0.2) is 45.8 Å². The Labute approximate surface area is 239 Å². The lowest BCUT2D eigenvalue weighted by atomic mass is 9.65. The Morgan fingerprint density at radius 3 is 2.38 bits per heavy atom. The summed E-state index contributed by atoms with van der Waals surface area (Å²) in [6.07, 6.45) is 5.96. The topological polar surface area (TPSA) is 74.0 Å². The predicted octanol–water partition coefficient (Wildman–Crippen LogP) is 6.31. The molecule has 6 rings (SSSR count). The van der Waals surface area contributed by atoms with E-state index in [0.29, 0.717) is 12.8 Å². The highest BCUT2D eigenvalue weighted by Gasteiger charge is 2.48. The standard InChI is InChI=1S/C32H36FN5OS/c1-31(2)12-11-26(30(39)35-32(21-34)13-14-32)27(19-31)29-28(20-38(36-29)25-9-5-23(33)6-10-25)22-3-7-24(8-4-22)37-15-17-40-18-16-37/h3-10,20,26-27H,11-19H2,1-2H3,(H,35,39). The number of nitrogens with one attached hydrogen (secondary N) is 1. The van der Waals surface area contributed by atoms with Crippen LogP contribution in [0.3, 0.4) is 0 Å². The minimum absolute atomic E-state index is 0.0415. The Morgan fingerprint density at radius 2 is 1.73 bits per heavy atom. The second kappa shape index (κ2) is 10.6. The van der Waals surface area contributed by atoms with Crippen LogP contribution >= 0.6 is 11.8 Å². The Hall–Kier alpha value is -3.31. The van der Waals surface area contributed by atoms with Gasteiger partial charge in [0.05, 0.1) is 17.5 Å². The molecule has 6 nitrogen and oxygen atoms in total. The van der Waals surface area contributed by atoms with E-state index in [0.717, 1.165) is 66.4 Å². The van der Waals surface area contributed by atoms with Gasteiger partial charge in [-0.25, -0.2) is 9.07 Å². The van der Waals surface area contributed by atoms with Crippen LogP contribution in [0.1, 0.15) is 57.6 Å². The summed E-state index contributed by atoms with van der Waals surface area (Å²) in [5.74, 6) is 1.59. The van der Waals surface area contributed by atoms with Crippen molar-refractivity contribution in [1.29, 1.82) is 5.26 Å². The van der Waals surface area contributed by atoms with Crippen molar-refractivity contribution in [3.8, 4) is 22.9 Å². The van der Waals surface area contributed by atoms with Crippen molar-refractivity contribution in [2.24, 2.45) is 11.3 Å². The first kappa shape index (κ1) is 26.9. The number of aromatic nitrogens is 2. The number of carbonyl (C=O) groups is 1. The molecule has 3 fully saturated rings. The van der Waals surface area contributed by atoms with Crippen molar-refractivity contribution < 1.29 is 9.18 Å². The molecule has 1 saturated heterocycles. The molecule has 1 N–H and O–H groups in total. The van der Waals surface area contributed by atoms with Gasteiger partial charge in [-0.05, 0) is 79.5 Å². The Bertz CT molecular complexity index is 1410. The van der Waals surface area contributed by atoms with E-state index in [9.17, 15) is 14.4 Å². The van der Waals surface area contributed by atoms with Crippen LogP contribution in [-0.2, 0) is 4.79 Å². The van der Waals surface area contributed by atoms with Crippen LogP contribution in [0.4, 0.5) is 10.1 Å². The Morgan fingerprint density at radius 1 is 1.05 bits per heavy atom. The molecule has 0 bridgehead atoms. The lowest BCUT2D eigenvalue weighted by Crippen LogP contribution is -2.44. The first-order chi connectivity index (χ1) is 19.3. The number of nitriles is 1. The molecule has 3 aliphatic rings. The van der Waals surface area contributed by atoms with Gasteiger partial charge in [0.15, 0.2) is 0 Å². The number of nitrogens with zero attached hydrogens (tertiary/aromatic N) is 4. The maximum atomic E-state index is 13.7. The molecule has 40 heavy (non-hydrogen) atoms. The molecule has 2 atom stereocenters. The number of hydrogen-bond donors (Lipinski definition) is 1. The molecule has 0 radical (unpaired) electrons. The number of anilines is 1. The van der Waals surface area contributed by atoms with Crippen LogP contribution in [0.5, 0.6) is 0 Å². The van der Waals surface area contributed by atoms with E-state index < -0.39 is 5.54 Å². The zero-order valence-electron chi connectivity index (χ0n) is 23.2. The van der Waals surface area contributed by atoms with Crippen LogP contribution in [0.15, 0.2) is 54.7 Å². The summed E-state index contributed by atoms with van der Waals surface area (Å²) in [6.45, 7) is 6.62. The molecule has 208 valence electrons. The summed E-state index contributed by atoms with van der Waals surface area (Å²) < 4.78 is 15.5. The lowest BCUT2D eigenvalue weighted by molar-refractivity contribution is -0.128. The first-order valence-corrected chi connectivity index (χ1v) is 15.4. The summed E-state index contributed by atoms with van der Waals surface area (Å²) >= 11 is 2.00. The van der Waals surface area contributed by atoms with Crippen LogP contribution in [0.25, 0.3) is 16.8 Å². The molecular weight excluding hydrogens is 521 g/mol. The van der Waals surface area contributed by atoms with Gasteiger partial charge in [-0.3, -0.25) is 4.79 Å². The average molecular weight is 558 g/mol. The van der Waals surface area contributed by atoms with Crippen molar-refractivity contribution in [3.63, 3.8) is 0 Å². The van der Waals surface area contributed by atoms with Gasteiger partial charge in [-0.15, -0.1) is 0 Å². The maximum absolute atomic E-state index is 13.7. The normalized spacial score (nSPS) is 23.3.